The summed E-state index contributed by atoms with van der Waals surface area (Å²) in [5.74, 6) is 0.648. The normalized spacial score (nSPS) is 15.8. The minimum atomic E-state index is -0.486. The van der Waals surface area contributed by atoms with E-state index < -0.39 is 6.04 Å². The number of esters is 1. The van der Waals surface area contributed by atoms with Gasteiger partial charge in [0, 0.05) is 31.4 Å². The number of nitrogens with zero attached hydrogens (tertiary/aromatic N) is 3. The zero-order valence-corrected chi connectivity index (χ0v) is 18.7. The van der Waals surface area contributed by atoms with Crippen molar-refractivity contribution in [3.05, 3.63) is 42.2 Å². The van der Waals surface area contributed by atoms with Crippen molar-refractivity contribution in [1.29, 1.82) is 0 Å². The zero-order valence-electron chi connectivity index (χ0n) is 18.7. The maximum atomic E-state index is 12.4. The number of ether oxygens (including phenoxy) is 1. The van der Waals surface area contributed by atoms with Gasteiger partial charge in [-0.3, -0.25) is 4.79 Å². The third kappa shape index (κ3) is 6.61. The molecule has 2 aromatic rings. The standard InChI is InChI=1S/C25H33N3O3/c1-3-4-5-6-7-8-10-20-17-26-24(27-18-20)21-12-14-22(15-13-21)31-25(30)23-11-9-16-28(23)19(2)29/h12-15,17-18,23H,3-11,16H2,1-2H3/t23-/m0/s1. The van der Waals surface area contributed by atoms with Gasteiger partial charge in [-0.15, -0.1) is 0 Å². The maximum Gasteiger partial charge on any atom is 0.334 e. The molecule has 2 heterocycles. The fourth-order valence-electron chi connectivity index (χ4n) is 3.99. The van der Waals surface area contributed by atoms with Crippen molar-refractivity contribution in [1.82, 2.24) is 14.9 Å². The second kappa shape index (κ2) is 11.6. The number of carbonyl (C=O) groups excluding carboxylic acids is 2. The predicted molar refractivity (Wildman–Crippen MR) is 121 cm³/mol. The van der Waals surface area contributed by atoms with Gasteiger partial charge < -0.3 is 9.64 Å². The maximum absolute atomic E-state index is 12.4. The van der Waals surface area contributed by atoms with Crippen molar-refractivity contribution in [2.24, 2.45) is 0 Å². The van der Waals surface area contributed by atoms with E-state index >= 15 is 0 Å². The van der Waals surface area contributed by atoms with Crippen LogP contribution in [0, 0.1) is 0 Å². The van der Waals surface area contributed by atoms with Gasteiger partial charge in [0.15, 0.2) is 5.82 Å². The summed E-state index contributed by atoms with van der Waals surface area (Å²) in [7, 11) is 0. The van der Waals surface area contributed by atoms with Gasteiger partial charge in [-0.1, -0.05) is 39.0 Å². The number of likely N-dealkylation sites (tertiary alicyclic amines) is 1. The van der Waals surface area contributed by atoms with Crippen LogP contribution < -0.4 is 4.74 Å². The number of hydrogen-bond donors (Lipinski definition) is 0. The van der Waals surface area contributed by atoms with E-state index in [1.807, 2.05) is 24.5 Å². The molecule has 1 aliphatic rings. The lowest BCUT2D eigenvalue weighted by Gasteiger charge is -2.21. The van der Waals surface area contributed by atoms with Crippen molar-refractivity contribution in [3.8, 4) is 17.1 Å². The van der Waals surface area contributed by atoms with Crippen LogP contribution in [0.5, 0.6) is 5.75 Å². The van der Waals surface area contributed by atoms with Gasteiger partial charge in [0.05, 0.1) is 0 Å². The molecule has 0 N–H and O–H groups in total. The molecule has 0 radical (unpaired) electrons. The highest BCUT2D eigenvalue weighted by Gasteiger charge is 2.33. The molecule has 1 aromatic carbocycles. The van der Waals surface area contributed by atoms with Gasteiger partial charge in [0.25, 0.3) is 0 Å². The SMILES string of the molecule is CCCCCCCCc1cnc(-c2ccc(OC(=O)[C@@H]3CCCN3C(C)=O)cc2)nc1. The quantitative estimate of drug-likeness (QED) is 0.307. The first-order chi connectivity index (χ1) is 15.1. The van der Waals surface area contributed by atoms with Crippen LogP contribution in [0.15, 0.2) is 36.7 Å². The lowest BCUT2D eigenvalue weighted by Crippen LogP contribution is -2.41. The summed E-state index contributed by atoms with van der Waals surface area (Å²) in [5.41, 5.74) is 2.04. The van der Waals surface area contributed by atoms with Gasteiger partial charge in [-0.25, -0.2) is 14.8 Å². The third-order valence-corrected chi connectivity index (χ3v) is 5.78. The fourth-order valence-corrected chi connectivity index (χ4v) is 3.99. The average Bonchev–Trinajstić information content (AvgIpc) is 3.28. The largest absolute Gasteiger partial charge is 0.425 e. The minimum absolute atomic E-state index is 0.0908. The van der Waals surface area contributed by atoms with E-state index in [1.54, 1.807) is 17.0 Å². The van der Waals surface area contributed by atoms with Crippen LogP contribution in [0.1, 0.15) is 70.8 Å². The lowest BCUT2D eigenvalue weighted by molar-refractivity contribution is -0.145. The molecular weight excluding hydrogens is 390 g/mol. The molecule has 1 aromatic heterocycles. The summed E-state index contributed by atoms with van der Waals surface area (Å²) in [4.78, 5) is 34.7. The summed E-state index contributed by atoms with van der Waals surface area (Å²) in [6.07, 6.45) is 14.0. The third-order valence-electron chi connectivity index (χ3n) is 5.78. The second-order valence-corrected chi connectivity index (χ2v) is 8.25. The number of aromatic nitrogens is 2. The van der Waals surface area contributed by atoms with Crippen LogP contribution in [0.3, 0.4) is 0 Å². The van der Waals surface area contributed by atoms with Crippen molar-refractivity contribution in [3.63, 3.8) is 0 Å². The molecule has 1 amide bonds. The van der Waals surface area contributed by atoms with E-state index in [4.69, 9.17) is 4.74 Å². The first-order valence-corrected chi connectivity index (χ1v) is 11.5. The number of carbonyl (C=O) groups is 2. The van der Waals surface area contributed by atoms with E-state index in [0.717, 1.165) is 24.0 Å². The molecule has 0 bridgehead atoms. The summed E-state index contributed by atoms with van der Waals surface area (Å²) in [6, 6.07) is 6.70. The van der Waals surface area contributed by atoms with Gasteiger partial charge in [-0.05, 0) is 55.5 Å². The number of aryl methyl sites for hydroxylation is 1. The molecule has 1 atom stereocenters. The molecule has 1 aliphatic heterocycles. The monoisotopic (exact) mass is 423 g/mol. The lowest BCUT2D eigenvalue weighted by atomic mass is 10.1. The van der Waals surface area contributed by atoms with Crippen molar-refractivity contribution in [2.75, 3.05) is 6.54 Å². The van der Waals surface area contributed by atoms with Crippen LogP contribution in [0.2, 0.25) is 0 Å². The molecule has 1 saturated heterocycles. The molecule has 166 valence electrons. The molecule has 31 heavy (non-hydrogen) atoms. The van der Waals surface area contributed by atoms with Crippen LogP contribution in [-0.4, -0.2) is 39.3 Å². The summed E-state index contributed by atoms with van der Waals surface area (Å²) >= 11 is 0. The summed E-state index contributed by atoms with van der Waals surface area (Å²) in [5, 5.41) is 0. The topological polar surface area (TPSA) is 72.4 Å². The molecular formula is C25H33N3O3. The van der Waals surface area contributed by atoms with Crippen molar-refractivity contribution in [2.45, 2.75) is 77.7 Å². The Morgan fingerprint density at radius 2 is 1.71 bits per heavy atom. The number of unbranched alkanes of at least 4 members (excludes halogenated alkanes) is 5. The zero-order chi connectivity index (χ0) is 22.1. The van der Waals surface area contributed by atoms with Gasteiger partial charge in [0.1, 0.15) is 11.8 Å². The smallest absolute Gasteiger partial charge is 0.334 e. The Labute approximate surface area is 185 Å². The van der Waals surface area contributed by atoms with Gasteiger partial charge in [-0.2, -0.15) is 0 Å². The highest BCUT2D eigenvalue weighted by molar-refractivity contribution is 5.85. The number of benzene rings is 1. The van der Waals surface area contributed by atoms with E-state index in [-0.39, 0.29) is 11.9 Å². The number of hydrogen-bond acceptors (Lipinski definition) is 5. The highest BCUT2D eigenvalue weighted by atomic mass is 16.5. The van der Waals surface area contributed by atoms with Crippen molar-refractivity contribution >= 4 is 11.9 Å². The Balaban J connectivity index is 1.50. The van der Waals surface area contributed by atoms with E-state index in [9.17, 15) is 9.59 Å². The minimum Gasteiger partial charge on any atom is -0.425 e. The van der Waals surface area contributed by atoms with Gasteiger partial charge >= 0.3 is 5.97 Å². The Bertz CT molecular complexity index is 849. The van der Waals surface area contributed by atoms with E-state index in [2.05, 4.69) is 16.9 Å². The molecule has 6 nitrogen and oxygen atoms in total. The van der Waals surface area contributed by atoms with E-state index in [0.29, 0.717) is 24.5 Å². The summed E-state index contributed by atoms with van der Waals surface area (Å²) in [6.45, 7) is 4.33. The summed E-state index contributed by atoms with van der Waals surface area (Å²) < 4.78 is 5.49. The molecule has 1 fully saturated rings. The predicted octanol–water partition coefficient (Wildman–Crippen LogP) is 4.96. The Hall–Kier alpha value is -2.76. The Kier molecular flexibility index (Phi) is 8.56. The van der Waals surface area contributed by atoms with Crippen molar-refractivity contribution < 1.29 is 14.3 Å². The number of amides is 1. The molecule has 3 rings (SSSR count). The Morgan fingerprint density at radius 3 is 2.39 bits per heavy atom. The molecule has 0 unspecified atom stereocenters. The van der Waals surface area contributed by atoms with Crippen LogP contribution >= 0.6 is 0 Å². The fraction of sp³-hybridized carbons (Fsp3) is 0.520. The first-order valence-electron chi connectivity index (χ1n) is 11.5. The van der Waals surface area contributed by atoms with E-state index in [1.165, 1.54) is 45.4 Å². The van der Waals surface area contributed by atoms with Gasteiger partial charge in [0.2, 0.25) is 5.91 Å². The average molecular weight is 424 g/mol. The van der Waals surface area contributed by atoms with Crippen LogP contribution in [0.4, 0.5) is 0 Å². The first kappa shape index (κ1) is 22.9. The molecule has 0 spiro atoms. The molecule has 0 saturated carbocycles. The molecule has 0 aliphatic carbocycles. The van der Waals surface area contributed by atoms with Crippen LogP contribution in [-0.2, 0) is 16.0 Å². The molecule has 6 heteroatoms. The Morgan fingerprint density at radius 1 is 1.03 bits per heavy atom. The number of rotatable bonds is 10. The highest BCUT2D eigenvalue weighted by Crippen LogP contribution is 2.23. The second-order valence-electron chi connectivity index (χ2n) is 8.25. The van der Waals surface area contributed by atoms with Crippen LogP contribution in [0.25, 0.3) is 11.4 Å².